The fourth-order valence-electron chi connectivity index (χ4n) is 1.90. The van der Waals surface area contributed by atoms with Crippen molar-refractivity contribution in [3.8, 4) is 15.6 Å². The SMILES string of the molecule is CC(C)(C)c1csc(-c2sc3ccccc3c2O)n1. The zero-order valence-corrected chi connectivity index (χ0v) is 12.7. The van der Waals surface area contributed by atoms with E-state index < -0.39 is 0 Å². The molecular formula is C15H15NOS2. The standard InChI is InChI=1S/C15H15NOS2/c1-15(2,3)11-8-18-14(16-11)13-12(17)9-6-4-5-7-10(9)19-13/h4-8,17H,1-3H3. The highest BCUT2D eigenvalue weighted by Gasteiger charge is 2.20. The van der Waals surface area contributed by atoms with Crippen LogP contribution >= 0.6 is 22.7 Å². The minimum Gasteiger partial charge on any atom is -0.506 e. The molecule has 3 aromatic rings. The molecule has 2 aromatic heterocycles. The van der Waals surface area contributed by atoms with Crippen LogP contribution in [0.4, 0.5) is 0 Å². The molecule has 0 aliphatic carbocycles. The Labute approximate surface area is 120 Å². The van der Waals surface area contributed by atoms with Crippen molar-refractivity contribution in [1.82, 2.24) is 4.98 Å². The van der Waals surface area contributed by atoms with Gasteiger partial charge in [-0.3, -0.25) is 0 Å². The fraction of sp³-hybridized carbons (Fsp3) is 0.267. The third-order valence-electron chi connectivity index (χ3n) is 3.04. The van der Waals surface area contributed by atoms with Crippen molar-refractivity contribution in [2.75, 3.05) is 0 Å². The highest BCUT2D eigenvalue weighted by Crippen LogP contribution is 2.44. The van der Waals surface area contributed by atoms with E-state index in [0.29, 0.717) is 5.75 Å². The Hall–Kier alpha value is -1.39. The number of thiophene rings is 1. The Kier molecular flexibility index (Phi) is 2.87. The van der Waals surface area contributed by atoms with Gasteiger partial charge in [-0.05, 0) is 12.1 Å². The third-order valence-corrected chi connectivity index (χ3v) is 5.19. The first-order valence-electron chi connectivity index (χ1n) is 6.13. The van der Waals surface area contributed by atoms with Crippen LogP contribution < -0.4 is 0 Å². The van der Waals surface area contributed by atoms with Crippen LogP contribution in [0, 0.1) is 0 Å². The van der Waals surface area contributed by atoms with E-state index in [-0.39, 0.29) is 5.41 Å². The van der Waals surface area contributed by atoms with Crippen molar-refractivity contribution < 1.29 is 5.11 Å². The lowest BCUT2D eigenvalue weighted by molar-refractivity contribution is 0.485. The van der Waals surface area contributed by atoms with Gasteiger partial charge in [0, 0.05) is 20.9 Å². The van der Waals surface area contributed by atoms with Gasteiger partial charge in [0.05, 0.1) is 5.69 Å². The van der Waals surface area contributed by atoms with Gasteiger partial charge in [-0.15, -0.1) is 22.7 Å². The van der Waals surface area contributed by atoms with Crippen molar-refractivity contribution in [1.29, 1.82) is 0 Å². The molecule has 0 bridgehead atoms. The minimum atomic E-state index is 0.0427. The molecule has 4 heteroatoms. The summed E-state index contributed by atoms with van der Waals surface area (Å²) in [6.45, 7) is 6.45. The zero-order chi connectivity index (χ0) is 13.6. The van der Waals surface area contributed by atoms with E-state index in [0.717, 1.165) is 25.7 Å². The summed E-state index contributed by atoms with van der Waals surface area (Å²) in [6, 6.07) is 7.91. The van der Waals surface area contributed by atoms with Crippen LogP contribution in [0.1, 0.15) is 26.5 Å². The van der Waals surface area contributed by atoms with E-state index in [1.807, 2.05) is 24.3 Å². The summed E-state index contributed by atoms with van der Waals surface area (Å²) < 4.78 is 1.10. The predicted octanol–water partition coefficient (Wildman–Crippen LogP) is 5.03. The van der Waals surface area contributed by atoms with Crippen LogP contribution in [0.5, 0.6) is 5.75 Å². The zero-order valence-electron chi connectivity index (χ0n) is 11.1. The Bertz CT molecular complexity index is 734. The van der Waals surface area contributed by atoms with Crippen molar-refractivity contribution in [3.05, 3.63) is 35.3 Å². The molecule has 0 atom stereocenters. The molecule has 0 spiro atoms. The van der Waals surface area contributed by atoms with Gasteiger partial charge in [0.15, 0.2) is 0 Å². The second-order valence-electron chi connectivity index (χ2n) is 5.56. The molecular weight excluding hydrogens is 274 g/mol. The number of rotatable bonds is 1. The smallest absolute Gasteiger partial charge is 0.144 e. The van der Waals surface area contributed by atoms with E-state index >= 15 is 0 Å². The lowest BCUT2D eigenvalue weighted by Gasteiger charge is -2.14. The summed E-state index contributed by atoms with van der Waals surface area (Å²) >= 11 is 3.20. The van der Waals surface area contributed by atoms with Gasteiger partial charge >= 0.3 is 0 Å². The molecule has 0 radical (unpaired) electrons. The largest absolute Gasteiger partial charge is 0.506 e. The molecule has 2 nitrogen and oxygen atoms in total. The van der Waals surface area contributed by atoms with E-state index in [2.05, 4.69) is 31.1 Å². The normalized spacial score (nSPS) is 12.2. The van der Waals surface area contributed by atoms with Crippen LogP contribution in [-0.2, 0) is 5.41 Å². The summed E-state index contributed by atoms with van der Waals surface area (Å²) in [4.78, 5) is 5.55. The van der Waals surface area contributed by atoms with E-state index in [4.69, 9.17) is 0 Å². The van der Waals surface area contributed by atoms with Crippen LogP contribution in [-0.4, -0.2) is 10.1 Å². The second kappa shape index (κ2) is 4.32. The molecule has 0 fully saturated rings. The maximum Gasteiger partial charge on any atom is 0.144 e. The lowest BCUT2D eigenvalue weighted by Crippen LogP contribution is -2.11. The second-order valence-corrected chi connectivity index (χ2v) is 7.47. The molecule has 98 valence electrons. The van der Waals surface area contributed by atoms with Gasteiger partial charge in [0.2, 0.25) is 0 Å². The Morgan fingerprint density at radius 3 is 2.53 bits per heavy atom. The average Bonchev–Trinajstić information content (AvgIpc) is 2.94. The molecule has 2 heterocycles. The maximum absolute atomic E-state index is 10.3. The van der Waals surface area contributed by atoms with Crippen molar-refractivity contribution >= 4 is 32.8 Å². The maximum atomic E-state index is 10.3. The average molecular weight is 289 g/mol. The van der Waals surface area contributed by atoms with Crippen molar-refractivity contribution in [2.24, 2.45) is 0 Å². The molecule has 19 heavy (non-hydrogen) atoms. The molecule has 0 saturated heterocycles. The van der Waals surface area contributed by atoms with Crippen LogP contribution in [0.15, 0.2) is 29.6 Å². The number of benzene rings is 1. The Morgan fingerprint density at radius 2 is 1.89 bits per heavy atom. The third kappa shape index (κ3) is 2.15. The summed E-state index contributed by atoms with van der Waals surface area (Å²) in [5, 5.41) is 14.2. The first kappa shape index (κ1) is 12.6. The topological polar surface area (TPSA) is 33.1 Å². The van der Waals surface area contributed by atoms with Crippen molar-refractivity contribution in [2.45, 2.75) is 26.2 Å². The highest BCUT2D eigenvalue weighted by atomic mass is 32.1. The quantitative estimate of drug-likeness (QED) is 0.681. The molecule has 1 N–H and O–H groups in total. The Morgan fingerprint density at radius 1 is 1.16 bits per heavy atom. The van der Waals surface area contributed by atoms with Crippen LogP contribution in [0.3, 0.4) is 0 Å². The van der Waals surface area contributed by atoms with Gasteiger partial charge in [-0.25, -0.2) is 4.98 Å². The molecule has 0 amide bonds. The predicted molar refractivity (Wildman–Crippen MR) is 83.3 cm³/mol. The van der Waals surface area contributed by atoms with Crippen LogP contribution in [0.25, 0.3) is 20.0 Å². The number of aromatic hydroxyl groups is 1. The molecule has 0 aliphatic rings. The number of aromatic nitrogens is 1. The Balaban J connectivity index is 2.14. The number of fused-ring (bicyclic) bond motifs is 1. The summed E-state index contributed by atoms with van der Waals surface area (Å²) in [5.74, 6) is 0.357. The number of nitrogens with zero attached hydrogens (tertiary/aromatic N) is 1. The number of hydrogen-bond acceptors (Lipinski definition) is 4. The molecule has 0 saturated carbocycles. The van der Waals surface area contributed by atoms with Gasteiger partial charge in [0.1, 0.15) is 15.6 Å². The fourth-order valence-corrected chi connectivity index (χ4v) is 4.13. The van der Waals surface area contributed by atoms with E-state index in [1.165, 1.54) is 0 Å². The monoisotopic (exact) mass is 289 g/mol. The lowest BCUT2D eigenvalue weighted by atomic mass is 9.93. The minimum absolute atomic E-state index is 0.0427. The van der Waals surface area contributed by atoms with Gasteiger partial charge in [-0.2, -0.15) is 0 Å². The summed E-state index contributed by atoms with van der Waals surface area (Å²) in [5.41, 5.74) is 1.12. The summed E-state index contributed by atoms with van der Waals surface area (Å²) in [7, 11) is 0. The highest BCUT2D eigenvalue weighted by molar-refractivity contribution is 7.26. The molecule has 1 aromatic carbocycles. The van der Waals surface area contributed by atoms with E-state index in [1.54, 1.807) is 22.7 Å². The van der Waals surface area contributed by atoms with Crippen LogP contribution in [0.2, 0.25) is 0 Å². The van der Waals surface area contributed by atoms with E-state index in [9.17, 15) is 5.11 Å². The number of hydrogen-bond donors (Lipinski definition) is 1. The first-order chi connectivity index (χ1) is 8.97. The van der Waals surface area contributed by atoms with Gasteiger partial charge < -0.3 is 5.11 Å². The van der Waals surface area contributed by atoms with Crippen molar-refractivity contribution in [3.63, 3.8) is 0 Å². The molecule has 0 unspecified atom stereocenters. The van der Waals surface area contributed by atoms with Gasteiger partial charge in [-0.1, -0.05) is 32.9 Å². The molecule has 0 aliphatic heterocycles. The number of thiazole rings is 1. The van der Waals surface area contributed by atoms with Gasteiger partial charge in [0.25, 0.3) is 0 Å². The first-order valence-corrected chi connectivity index (χ1v) is 7.83. The summed E-state index contributed by atoms with van der Waals surface area (Å²) in [6.07, 6.45) is 0. The molecule has 3 rings (SSSR count).